The Kier molecular flexibility index (Phi) is 5.00. The van der Waals surface area contributed by atoms with Gasteiger partial charge in [-0.15, -0.1) is 0 Å². The molecule has 1 aliphatic rings. The number of piperidine rings is 1. The van der Waals surface area contributed by atoms with Gasteiger partial charge in [-0.25, -0.2) is 4.79 Å². The van der Waals surface area contributed by atoms with E-state index in [1.54, 1.807) is 18.2 Å². The van der Waals surface area contributed by atoms with Crippen molar-refractivity contribution >= 4 is 22.9 Å². The third-order valence-electron chi connectivity index (χ3n) is 4.09. The monoisotopic (exact) mass is 342 g/mol. The Morgan fingerprint density at radius 2 is 2.12 bits per heavy atom. The summed E-state index contributed by atoms with van der Waals surface area (Å²) in [5.41, 5.74) is 1.40. The van der Waals surface area contributed by atoms with Crippen LogP contribution in [0.5, 0.6) is 0 Å². The van der Waals surface area contributed by atoms with Crippen LogP contribution in [0.4, 0.5) is 0 Å². The Labute approximate surface area is 143 Å². The topological polar surface area (TPSA) is 102 Å². The van der Waals surface area contributed by atoms with E-state index in [1.165, 1.54) is 4.57 Å². The third kappa shape index (κ3) is 3.49. The molecule has 1 unspecified atom stereocenters. The highest BCUT2D eigenvalue weighted by atomic mass is 16.4. The van der Waals surface area contributed by atoms with E-state index in [0.717, 1.165) is 6.42 Å². The lowest BCUT2D eigenvalue weighted by molar-refractivity contribution is -0.135. The standard InChI is InChI=1S/C18H18N2O5/c21-11-4-2-1-3-6-12-7-5-8-13-16(12)25-18(24)20(13)14-9-10-15(22)19-17(14)23/h5,7-8,14,21H,1-2,4,9-11H2,(H,19,22,23). The number of rotatable bonds is 4. The molecule has 1 atom stereocenters. The molecule has 2 heterocycles. The Balaban J connectivity index is 1.95. The van der Waals surface area contributed by atoms with Gasteiger partial charge >= 0.3 is 5.76 Å². The van der Waals surface area contributed by atoms with Crippen molar-refractivity contribution in [3.63, 3.8) is 0 Å². The van der Waals surface area contributed by atoms with Crippen molar-refractivity contribution in [2.24, 2.45) is 0 Å². The van der Waals surface area contributed by atoms with E-state index >= 15 is 0 Å². The van der Waals surface area contributed by atoms with Gasteiger partial charge < -0.3 is 9.52 Å². The van der Waals surface area contributed by atoms with Crippen LogP contribution in [-0.4, -0.2) is 28.1 Å². The molecule has 0 aliphatic carbocycles. The summed E-state index contributed by atoms with van der Waals surface area (Å²) < 4.78 is 6.62. The predicted molar refractivity (Wildman–Crippen MR) is 89.7 cm³/mol. The highest BCUT2D eigenvalue weighted by Gasteiger charge is 2.31. The summed E-state index contributed by atoms with van der Waals surface area (Å²) in [5.74, 6) is 4.50. The van der Waals surface area contributed by atoms with E-state index < -0.39 is 17.7 Å². The van der Waals surface area contributed by atoms with E-state index in [-0.39, 0.29) is 25.4 Å². The normalized spacial score (nSPS) is 17.2. The Morgan fingerprint density at radius 3 is 2.88 bits per heavy atom. The first kappa shape index (κ1) is 17.0. The van der Waals surface area contributed by atoms with Gasteiger partial charge in [0.2, 0.25) is 11.8 Å². The summed E-state index contributed by atoms with van der Waals surface area (Å²) in [6.45, 7) is 0.140. The number of amides is 2. The maximum atomic E-state index is 12.3. The number of para-hydroxylation sites is 1. The van der Waals surface area contributed by atoms with E-state index in [9.17, 15) is 14.4 Å². The molecule has 7 nitrogen and oxygen atoms in total. The molecule has 25 heavy (non-hydrogen) atoms. The number of hydrogen-bond donors (Lipinski definition) is 2. The van der Waals surface area contributed by atoms with Gasteiger partial charge in [-0.3, -0.25) is 19.5 Å². The number of benzene rings is 1. The molecular formula is C18H18N2O5. The highest BCUT2D eigenvalue weighted by Crippen LogP contribution is 2.24. The molecule has 130 valence electrons. The second-order valence-corrected chi connectivity index (χ2v) is 5.84. The van der Waals surface area contributed by atoms with Gasteiger partial charge in [0, 0.05) is 19.4 Å². The summed E-state index contributed by atoms with van der Waals surface area (Å²) in [5, 5.41) is 11.0. The fourth-order valence-electron chi connectivity index (χ4n) is 2.86. The second-order valence-electron chi connectivity index (χ2n) is 5.84. The van der Waals surface area contributed by atoms with Gasteiger partial charge in [0.05, 0.1) is 11.1 Å². The van der Waals surface area contributed by atoms with Crippen LogP contribution < -0.4 is 11.1 Å². The van der Waals surface area contributed by atoms with Gasteiger partial charge in [0.1, 0.15) is 6.04 Å². The zero-order valence-electron chi connectivity index (χ0n) is 13.6. The number of nitrogens with zero attached hydrogens (tertiary/aromatic N) is 1. The number of hydrogen-bond acceptors (Lipinski definition) is 5. The minimum Gasteiger partial charge on any atom is -0.406 e. The first-order valence-electron chi connectivity index (χ1n) is 8.19. The van der Waals surface area contributed by atoms with E-state index in [4.69, 9.17) is 9.52 Å². The number of aliphatic hydroxyl groups excluding tert-OH is 1. The average Bonchev–Trinajstić information content (AvgIpc) is 2.92. The molecule has 2 aromatic rings. The zero-order valence-corrected chi connectivity index (χ0v) is 13.6. The van der Waals surface area contributed by atoms with E-state index in [1.807, 2.05) is 0 Å². The van der Waals surface area contributed by atoms with Crippen LogP contribution in [0, 0.1) is 11.8 Å². The SMILES string of the molecule is O=C1CCC(n2c(=O)oc3c(C#CCCCCO)cccc32)C(=O)N1. The first-order valence-corrected chi connectivity index (χ1v) is 8.19. The molecule has 0 bridgehead atoms. The van der Waals surface area contributed by atoms with E-state index in [0.29, 0.717) is 29.5 Å². The Morgan fingerprint density at radius 1 is 1.28 bits per heavy atom. The Bertz CT molecular complexity index is 928. The number of unbranched alkanes of at least 4 members (excludes halogenated alkanes) is 2. The number of imide groups is 1. The van der Waals surface area contributed by atoms with Crippen molar-refractivity contribution < 1.29 is 19.1 Å². The first-order chi connectivity index (χ1) is 12.1. The van der Waals surface area contributed by atoms with Crippen molar-refractivity contribution in [2.75, 3.05) is 6.61 Å². The smallest absolute Gasteiger partial charge is 0.406 e. The summed E-state index contributed by atoms with van der Waals surface area (Å²) in [7, 11) is 0. The molecule has 1 aromatic heterocycles. The predicted octanol–water partition coefficient (Wildman–Crippen LogP) is 1.09. The quantitative estimate of drug-likeness (QED) is 0.492. The average molecular weight is 342 g/mol. The summed E-state index contributed by atoms with van der Waals surface area (Å²) in [4.78, 5) is 35.7. The van der Waals surface area contributed by atoms with Crippen LogP contribution in [0.15, 0.2) is 27.4 Å². The number of aliphatic hydroxyl groups is 1. The molecule has 7 heteroatoms. The molecule has 1 aliphatic heterocycles. The van der Waals surface area contributed by atoms with Crippen LogP contribution in [0.2, 0.25) is 0 Å². The molecule has 2 N–H and O–H groups in total. The molecule has 2 amide bonds. The number of oxazole rings is 1. The fraction of sp³-hybridized carbons (Fsp3) is 0.389. The Hall–Kier alpha value is -2.85. The molecule has 0 saturated carbocycles. The summed E-state index contributed by atoms with van der Waals surface area (Å²) in [6.07, 6.45) is 2.56. The lowest BCUT2D eigenvalue weighted by atomic mass is 10.1. The van der Waals surface area contributed by atoms with Crippen LogP contribution >= 0.6 is 0 Å². The highest BCUT2D eigenvalue weighted by molar-refractivity contribution is 6.00. The van der Waals surface area contributed by atoms with E-state index in [2.05, 4.69) is 17.2 Å². The van der Waals surface area contributed by atoms with Crippen LogP contribution in [0.25, 0.3) is 11.1 Å². The lowest BCUT2D eigenvalue weighted by Gasteiger charge is -2.21. The second kappa shape index (κ2) is 7.36. The van der Waals surface area contributed by atoms with Gasteiger partial charge in [-0.1, -0.05) is 17.9 Å². The minimum atomic E-state index is -0.765. The van der Waals surface area contributed by atoms with Crippen LogP contribution in [-0.2, 0) is 9.59 Å². The summed E-state index contributed by atoms with van der Waals surface area (Å²) in [6, 6.07) is 4.43. The number of aromatic nitrogens is 1. The fourth-order valence-corrected chi connectivity index (χ4v) is 2.86. The third-order valence-corrected chi connectivity index (χ3v) is 4.09. The lowest BCUT2D eigenvalue weighted by Crippen LogP contribution is -2.43. The van der Waals surface area contributed by atoms with Crippen molar-refractivity contribution in [3.05, 3.63) is 34.3 Å². The minimum absolute atomic E-state index is 0.140. The van der Waals surface area contributed by atoms with Gasteiger partial charge in [-0.2, -0.15) is 0 Å². The van der Waals surface area contributed by atoms with Gasteiger partial charge in [0.15, 0.2) is 5.58 Å². The molecular weight excluding hydrogens is 324 g/mol. The molecule has 1 aromatic carbocycles. The molecule has 1 saturated heterocycles. The van der Waals surface area contributed by atoms with Crippen LogP contribution in [0.1, 0.15) is 43.7 Å². The number of carbonyl (C=O) groups is 2. The number of fused-ring (bicyclic) bond motifs is 1. The van der Waals surface area contributed by atoms with Crippen molar-refractivity contribution in [1.29, 1.82) is 0 Å². The number of carbonyl (C=O) groups excluding carboxylic acids is 2. The molecule has 1 fully saturated rings. The maximum absolute atomic E-state index is 12.3. The van der Waals surface area contributed by atoms with Crippen LogP contribution in [0.3, 0.4) is 0 Å². The number of nitrogens with one attached hydrogen (secondary N) is 1. The largest absolute Gasteiger partial charge is 0.420 e. The molecule has 3 rings (SSSR count). The van der Waals surface area contributed by atoms with Gasteiger partial charge in [0.25, 0.3) is 0 Å². The van der Waals surface area contributed by atoms with Crippen molar-refractivity contribution in [2.45, 2.75) is 38.1 Å². The summed E-state index contributed by atoms with van der Waals surface area (Å²) >= 11 is 0. The van der Waals surface area contributed by atoms with Gasteiger partial charge in [-0.05, 0) is 31.4 Å². The maximum Gasteiger partial charge on any atom is 0.420 e. The van der Waals surface area contributed by atoms with Crippen molar-refractivity contribution in [1.82, 2.24) is 9.88 Å². The molecule has 0 spiro atoms. The molecule has 0 radical (unpaired) electrons. The zero-order chi connectivity index (χ0) is 17.8. The van der Waals surface area contributed by atoms with Crippen molar-refractivity contribution in [3.8, 4) is 11.8 Å².